The van der Waals surface area contributed by atoms with Crippen molar-refractivity contribution < 1.29 is 9.84 Å². The van der Waals surface area contributed by atoms with Gasteiger partial charge in [0.15, 0.2) is 0 Å². The van der Waals surface area contributed by atoms with Crippen molar-refractivity contribution in [3.8, 4) is 0 Å². The van der Waals surface area contributed by atoms with Gasteiger partial charge in [-0.3, -0.25) is 4.90 Å². The lowest BCUT2D eigenvalue weighted by Crippen LogP contribution is -2.48. The fourth-order valence-electron chi connectivity index (χ4n) is 3.72. The molecule has 3 rings (SSSR count). The van der Waals surface area contributed by atoms with E-state index in [2.05, 4.69) is 47.9 Å². The van der Waals surface area contributed by atoms with Crippen molar-refractivity contribution in [3.05, 3.63) is 71.3 Å². The van der Waals surface area contributed by atoms with Crippen molar-refractivity contribution >= 4 is 0 Å². The Morgan fingerprint density at radius 3 is 2.22 bits per heavy atom. The van der Waals surface area contributed by atoms with Gasteiger partial charge in [-0.1, -0.05) is 61.5 Å². The van der Waals surface area contributed by atoms with E-state index in [0.29, 0.717) is 13.2 Å². The summed E-state index contributed by atoms with van der Waals surface area (Å²) in [6.45, 7) is 10.6. The number of nitrogens with zero attached hydrogens (tertiary/aromatic N) is 2. The zero-order valence-electron chi connectivity index (χ0n) is 16.6. The average molecular weight is 369 g/mol. The van der Waals surface area contributed by atoms with Gasteiger partial charge in [0, 0.05) is 32.7 Å². The lowest BCUT2D eigenvalue weighted by atomic mass is 9.97. The summed E-state index contributed by atoms with van der Waals surface area (Å²) in [6, 6.07) is 18.6. The van der Waals surface area contributed by atoms with Crippen LogP contribution in [-0.4, -0.2) is 66.9 Å². The van der Waals surface area contributed by atoms with E-state index >= 15 is 0 Å². The number of β-amino-alcohol motifs (C(OH)–C–C–N with tert-alkyl or cyclic N) is 1. The van der Waals surface area contributed by atoms with Crippen LogP contribution >= 0.6 is 0 Å². The van der Waals surface area contributed by atoms with E-state index in [9.17, 15) is 5.11 Å². The number of aliphatic hydroxyl groups is 1. The van der Waals surface area contributed by atoms with Gasteiger partial charge in [0.25, 0.3) is 0 Å². The molecule has 1 N–H and O–H groups in total. The number of likely N-dealkylation sites (N-methyl/N-ethyl adjacent to an activating group) is 1. The molecule has 0 amide bonds. The summed E-state index contributed by atoms with van der Waals surface area (Å²) in [5.41, 5.74) is 3.49. The standard InChI is InChI=1S/C23H32N2O2/c1-3-24-13-15-25(16-14-24)17-21(26)18-27-23(20-10-5-4-6-11-20)22-12-8-7-9-19(22)2/h4-12,21,23,26H,3,13-18H2,1-2H3/t21-,23+/m0/s1. The molecular weight excluding hydrogens is 336 g/mol. The molecule has 0 spiro atoms. The predicted molar refractivity (Wildman–Crippen MR) is 110 cm³/mol. The Bertz CT molecular complexity index is 684. The van der Waals surface area contributed by atoms with Crippen molar-refractivity contribution in [3.63, 3.8) is 0 Å². The summed E-state index contributed by atoms with van der Waals surface area (Å²) in [5, 5.41) is 10.6. The number of aliphatic hydroxyl groups excluding tert-OH is 1. The first kappa shape index (κ1) is 20.0. The number of piperazine rings is 1. The molecule has 1 heterocycles. The number of benzene rings is 2. The van der Waals surface area contributed by atoms with Gasteiger partial charge in [-0.15, -0.1) is 0 Å². The van der Waals surface area contributed by atoms with Gasteiger partial charge in [-0.25, -0.2) is 0 Å². The van der Waals surface area contributed by atoms with E-state index in [4.69, 9.17) is 4.74 Å². The van der Waals surface area contributed by atoms with Crippen molar-refractivity contribution in [1.29, 1.82) is 0 Å². The lowest BCUT2D eigenvalue weighted by Gasteiger charge is -2.35. The van der Waals surface area contributed by atoms with Crippen molar-refractivity contribution in [2.24, 2.45) is 0 Å². The first-order chi connectivity index (χ1) is 13.2. The first-order valence-electron chi connectivity index (χ1n) is 10.0. The smallest absolute Gasteiger partial charge is 0.108 e. The summed E-state index contributed by atoms with van der Waals surface area (Å²) in [7, 11) is 0. The Kier molecular flexibility index (Phi) is 7.41. The van der Waals surface area contributed by atoms with Crippen molar-refractivity contribution in [1.82, 2.24) is 9.80 Å². The highest BCUT2D eigenvalue weighted by Gasteiger charge is 2.21. The van der Waals surface area contributed by atoms with Crippen LogP contribution in [0.4, 0.5) is 0 Å². The zero-order valence-corrected chi connectivity index (χ0v) is 16.6. The third kappa shape index (κ3) is 5.63. The molecule has 1 fully saturated rings. The van der Waals surface area contributed by atoms with Gasteiger partial charge in [-0.05, 0) is 30.2 Å². The van der Waals surface area contributed by atoms with Gasteiger partial charge in [-0.2, -0.15) is 0 Å². The predicted octanol–water partition coefficient (Wildman–Crippen LogP) is 3.10. The largest absolute Gasteiger partial charge is 0.389 e. The maximum absolute atomic E-state index is 10.6. The Balaban J connectivity index is 1.61. The lowest BCUT2D eigenvalue weighted by molar-refractivity contribution is -0.0143. The van der Waals surface area contributed by atoms with E-state index in [1.54, 1.807) is 0 Å². The third-order valence-corrected chi connectivity index (χ3v) is 5.41. The first-order valence-corrected chi connectivity index (χ1v) is 10.0. The van der Waals surface area contributed by atoms with E-state index in [0.717, 1.165) is 43.9 Å². The zero-order chi connectivity index (χ0) is 19.1. The van der Waals surface area contributed by atoms with Crippen LogP contribution in [0.3, 0.4) is 0 Å². The van der Waals surface area contributed by atoms with Gasteiger partial charge in [0.05, 0.1) is 12.7 Å². The molecular formula is C23H32N2O2. The summed E-state index contributed by atoms with van der Waals surface area (Å²) in [4.78, 5) is 4.79. The van der Waals surface area contributed by atoms with Gasteiger partial charge >= 0.3 is 0 Å². The minimum absolute atomic E-state index is 0.154. The second-order valence-corrected chi connectivity index (χ2v) is 7.37. The van der Waals surface area contributed by atoms with Crippen LogP contribution in [0.2, 0.25) is 0 Å². The minimum Gasteiger partial charge on any atom is -0.389 e. The molecule has 1 saturated heterocycles. The third-order valence-electron chi connectivity index (χ3n) is 5.41. The molecule has 2 aromatic rings. The second kappa shape index (κ2) is 10.00. The topological polar surface area (TPSA) is 35.9 Å². The quantitative estimate of drug-likeness (QED) is 0.777. The van der Waals surface area contributed by atoms with Crippen LogP contribution < -0.4 is 0 Å². The van der Waals surface area contributed by atoms with Gasteiger partial charge in [0.2, 0.25) is 0 Å². The van der Waals surface area contributed by atoms with Gasteiger partial charge in [0.1, 0.15) is 6.10 Å². The van der Waals surface area contributed by atoms with Gasteiger partial charge < -0.3 is 14.7 Å². The number of rotatable bonds is 8. The fourth-order valence-corrected chi connectivity index (χ4v) is 3.72. The molecule has 1 aliphatic rings. The maximum Gasteiger partial charge on any atom is 0.108 e. The molecule has 0 bridgehead atoms. The number of hydrogen-bond acceptors (Lipinski definition) is 4. The highest BCUT2D eigenvalue weighted by molar-refractivity contribution is 5.35. The summed E-state index contributed by atoms with van der Waals surface area (Å²) < 4.78 is 6.25. The Hall–Kier alpha value is -1.72. The molecule has 0 saturated carbocycles. The summed E-state index contributed by atoms with van der Waals surface area (Å²) >= 11 is 0. The number of hydrogen-bond donors (Lipinski definition) is 1. The normalized spacial score (nSPS) is 18.3. The Morgan fingerprint density at radius 1 is 0.926 bits per heavy atom. The molecule has 4 heteroatoms. The molecule has 146 valence electrons. The summed E-state index contributed by atoms with van der Waals surface area (Å²) in [5.74, 6) is 0. The van der Waals surface area contributed by atoms with E-state index in [1.807, 2.05) is 30.3 Å². The van der Waals surface area contributed by atoms with E-state index in [1.165, 1.54) is 5.56 Å². The summed E-state index contributed by atoms with van der Waals surface area (Å²) in [6.07, 6.45) is -0.632. The van der Waals surface area contributed by atoms with Crippen LogP contribution in [0.25, 0.3) is 0 Å². The van der Waals surface area contributed by atoms with Crippen molar-refractivity contribution in [2.75, 3.05) is 45.9 Å². The van der Waals surface area contributed by atoms with Crippen LogP contribution in [0, 0.1) is 6.92 Å². The molecule has 0 unspecified atom stereocenters. The second-order valence-electron chi connectivity index (χ2n) is 7.37. The maximum atomic E-state index is 10.6. The Labute approximate surface area is 163 Å². The Morgan fingerprint density at radius 2 is 1.56 bits per heavy atom. The number of ether oxygens (including phenoxy) is 1. The molecule has 2 aromatic carbocycles. The molecule has 0 aromatic heterocycles. The SMILES string of the molecule is CCN1CCN(C[C@H](O)CO[C@H](c2ccccc2)c2ccccc2C)CC1. The minimum atomic E-state index is -0.478. The van der Waals surface area contributed by atoms with E-state index in [-0.39, 0.29) is 6.10 Å². The molecule has 2 atom stereocenters. The number of aryl methyl sites for hydroxylation is 1. The average Bonchev–Trinajstić information content (AvgIpc) is 2.71. The van der Waals surface area contributed by atoms with E-state index < -0.39 is 6.10 Å². The monoisotopic (exact) mass is 368 g/mol. The molecule has 1 aliphatic heterocycles. The fraction of sp³-hybridized carbons (Fsp3) is 0.478. The molecule has 27 heavy (non-hydrogen) atoms. The molecule has 0 radical (unpaired) electrons. The van der Waals surface area contributed by atoms with Crippen LogP contribution in [0.1, 0.15) is 29.7 Å². The van der Waals surface area contributed by atoms with Crippen LogP contribution in [0.15, 0.2) is 54.6 Å². The van der Waals surface area contributed by atoms with Crippen molar-refractivity contribution in [2.45, 2.75) is 26.1 Å². The molecule has 4 nitrogen and oxygen atoms in total. The van der Waals surface area contributed by atoms with Crippen LogP contribution in [0.5, 0.6) is 0 Å². The highest BCUT2D eigenvalue weighted by atomic mass is 16.5. The van der Waals surface area contributed by atoms with Crippen LogP contribution in [-0.2, 0) is 4.74 Å². The highest BCUT2D eigenvalue weighted by Crippen LogP contribution is 2.28. The molecule has 0 aliphatic carbocycles.